The summed E-state index contributed by atoms with van der Waals surface area (Å²) in [6, 6.07) is 0. The maximum absolute atomic E-state index is 12.7. The van der Waals surface area contributed by atoms with Crippen molar-refractivity contribution in [2.45, 2.75) is 192 Å². The fraction of sp³-hybridized carbons (Fsp3) is 0.791. The molecule has 302 valence electrons. The Morgan fingerprint density at radius 2 is 1.15 bits per heavy atom. The monoisotopic (exact) mass is 737 g/mol. The van der Waals surface area contributed by atoms with Crippen LogP contribution in [0.2, 0.25) is 0 Å². The predicted molar refractivity (Wildman–Crippen MR) is 210 cm³/mol. The van der Waals surface area contributed by atoms with Crippen LogP contribution in [-0.2, 0) is 23.7 Å². The van der Waals surface area contributed by atoms with Gasteiger partial charge in [0.1, 0.15) is 30.5 Å². The molecule has 6 atom stereocenters. The van der Waals surface area contributed by atoms with Crippen LogP contribution in [0.3, 0.4) is 0 Å². The molecule has 0 aromatic heterocycles. The van der Waals surface area contributed by atoms with Crippen LogP contribution in [0.5, 0.6) is 0 Å². The third-order valence-electron chi connectivity index (χ3n) is 9.26. The van der Waals surface area contributed by atoms with E-state index in [0.29, 0.717) is 13.0 Å². The zero-order valence-corrected chi connectivity index (χ0v) is 32.8. The Balaban J connectivity index is 2.34. The first kappa shape index (κ1) is 48.2. The van der Waals surface area contributed by atoms with Crippen molar-refractivity contribution in [1.29, 1.82) is 0 Å². The van der Waals surface area contributed by atoms with Crippen molar-refractivity contribution in [3.8, 4) is 0 Å². The van der Waals surface area contributed by atoms with Crippen LogP contribution in [0.25, 0.3) is 0 Å². The molecular weight excluding hydrogens is 660 g/mol. The highest BCUT2D eigenvalue weighted by atomic mass is 16.7. The summed E-state index contributed by atoms with van der Waals surface area (Å²) in [5.41, 5.74) is 0. The molecule has 1 rings (SSSR count). The standard InChI is InChI=1S/C43H76O9/c1-3-5-7-9-11-13-15-17-19-20-22-24-26-28-30-32-39(45)51-37(36-50-43-42(48)41(47)40(46)38(34-44)52-43)35-49-33-31-29-27-25-23-21-18-16-14-12-10-8-6-4-2/h6,8,12,14,18,21,25,27,37-38,40-44,46-48H,3-5,7,9-11,13,15-17,19-20,22-24,26,28-36H2,1-2H3/b8-6-,14-12-,21-18-,27-25-. The molecule has 9 heteroatoms. The molecular formula is C43H76O9. The predicted octanol–water partition coefficient (Wildman–Crippen LogP) is 8.58. The van der Waals surface area contributed by atoms with Gasteiger partial charge in [0.15, 0.2) is 6.29 Å². The highest BCUT2D eigenvalue weighted by Gasteiger charge is 2.44. The van der Waals surface area contributed by atoms with Crippen molar-refractivity contribution in [3.63, 3.8) is 0 Å². The quantitative estimate of drug-likeness (QED) is 0.0291. The van der Waals surface area contributed by atoms with Gasteiger partial charge in [-0.15, -0.1) is 0 Å². The molecule has 4 N–H and O–H groups in total. The summed E-state index contributed by atoms with van der Waals surface area (Å²) >= 11 is 0. The fourth-order valence-electron chi connectivity index (χ4n) is 6.02. The SMILES string of the molecule is CC/C=C\C/C=C\C/C=C\C/C=C\CCCOCC(COC1OC(CO)C(O)C(O)C1O)OC(=O)CCCCCCCCCCCCCCCCC. The number of hydrogen-bond acceptors (Lipinski definition) is 9. The van der Waals surface area contributed by atoms with Crippen LogP contribution in [0.4, 0.5) is 0 Å². The number of aliphatic hydroxyl groups excluding tert-OH is 4. The van der Waals surface area contributed by atoms with Gasteiger partial charge in [0, 0.05) is 13.0 Å². The molecule has 6 unspecified atom stereocenters. The minimum absolute atomic E-state index is 0.107. The van der Waals surface area contributed by atoms with Gasteiger partial charge >= 0.3 is 5.97 Å². The van der Waals surface area contributed by atoms with Crippen molar-refractivity contribution in [2.75, 3.05) is 26.4 Å². The van der Waals surface area contributed by atoms with Crippen molar-refractivity contribution in [1.82, 2.24) is 0 Å². The van der Waals surface area contributed by atoms with Gasteiger partial charge in [0.25, 0.3) is 0 Å². The van der Waals surface area contributed by atoms with Gasteiger partial charge in [0.2, 0.25) is 0 Å². The molecule has 1 aliphatic heterocycles. The Kier molecular flexibility index (Phi) is 32.3. The van der Waals surface area contributed by atoms with E-state index in [-0.39, 0.29) is 19.2 Å². The molecule has 9 nitrogen and oxygen atoms in total. The van der Waals surface area contributed by atoms with Crippen molar-refractivity contribution < 1.29 is 44.2 Å². The van der Waals surface area contributed by atoms with Gasteiger partial charge in [-0.2, -0.15) is 0 Å². The lowest BCUT2D eigenvalue weighted by atomic mass is 9.99. The number of carbonyl (C=O) groups excluding carboxylic acids is 1. The first-order chi connectivity index (χ1) is 25.4. The smallest absolute Gasteiger partial charge is 0.306 e. The second-order valence-electron chi connectivity index (χ2n) is 14.1. The van der Waals surface area contributed by atoms with E-state index in [1.165, 1.54) is 77.0 Å². The Hall–Kier alpha value is -1.85. The van der Waals surface area contributed by atoms with E-state index in [9.17, 15) is 25.2 Å². The summed E-state index contributed by atoms with van der Waals surface area (Å²) < 4.78 is 22.7. The molecule has 0 aromatic rings. The van der Waals surface area contributed by atoms with Crippen LogP contribution in [0.15, 0.2) is 48.6 Å². The number of esters is 1. The minimum Gasteiger partial charge on any atom is -0.457 e. The zero-order valence-electron chi connectivity index (χ0n) is 32.8. The molecule has 1 aliphatic rings. The summed E-state index contributed by atoms with van der Waals surface area (Å²) in [6.07, 6.45) is 34.3. The average Bonchev–Trinajstić information content (AvgIpc) is 3.14. The van der Waals surface area contributed by atoms with E-state index in [2.05, 4.69) is 62.5 Å². The first-order valence-electron chi connectivity index (χ1n) is 20.7. The molecule has 52 heavy (non-hydrogen) atoms. The van der Waals surface area contributed by atoms with Crippen molar-refractivity contribution in [3.05, 3.63) is 48.6 Å². The fourth-order valence-corrected chi connectivity index (χ4v) is 6.02. The Morgan fingerprint density at radius 1 is 0.635 bits per heavy atom. The second-order valence-corrected chi connectivity index (χ2v) is 14.1. The summed E-state index contributed by atoms with van der Waals surface area (Å²) in [5, 5.41) is 40.0. The van der Waals surface area contributed by atoms with E-state index in [0.717, 1.165) is 57.8 Å². The van der Waals surface area contributed by atoms with Crippen molar-refractivity contribution >= 4 is 5.97 Å². The Labute approximate surface area is 316 Å². The highest BCUT2D eigenvalue weighted by molar-refractivity contribution is 5.69. The number of unbranched alkanes of at least 4 members (excludes halogenated alkanes) is 15. The van der Waals surface area contributed by atoms with Crippen LogP contribution in [-0.4, -0.2) is 89.6 Å². The van der Waals surface area contributed by atoms with Crippen molar-refractivity contribution in [2.24, 2.45) is 0 Å². The minimum atomic E-state index is -1.54. The number of hydrogen-bond donors (Lipinski definition) is 4. The maximum atomic E-state index is 12.7. The lowest BCUT2D eigenvalue weighted by Gasteiger charge is -2.39. The van der Waals surface area contributed by atoms with Gasteiger partial charge in [-0.05, 0) is 44.9 Å². The van der Waals surface area contributed by atoms with E-state index in [4.69, 9.17) is 18.9 Å². The lowest BCUT2D eigenvalue weighted by molar-refractivity contribution is -0.305. The molecule has 0 bridgehead atoms. The van der Waals surface area contributed by atoms with Crippen LogP contribution in [0, 0.1) is 0 Å². The van der Waals surface area contributed by atoms with Gasteiger partial charge in [-0.1, -0.05) is 152 Å². The maximum Gasteiger partial charge on any atom is 0.306 e. The van der Waals surface area contributed by atoms with E-state index >= 15 is 0 Å². The van der Waals surface area contributed by atoms with E-state index < -0.39 is 43.4 Å². The third kappa shape index (κ3) is 26.0. The summed E-state index contributed by atoms with van der Waals surface area (Å²) in [4.78, 5) is 12.7. The van der Waals surface area contributed by atoms with Gasteiger partial charge in [0.05, 0.1) is 19.8 Å². The van der Waals surface area contributed by atoms with Gasteiger partial charge in [-0.25, -0.2) is 0 Å². The molecule has 0 aromatic carbocycles. The first-order valence-corrected chi connectivity index (χ1v) is 20.7. The molecule has 0 amide bonds. The molecule has 0 radical (unpaired) electrons. The number of carbonyl (C=O) groups is 1. The normalized spacial score (nSPS) is 21.7. The van der Waals surface area contributed by atoms with Crippen LogP contribution < -0.4 is 0 Å². The second kappa shape index (κ2) is 34.9. The molecule has 1 fully saturated rings. The molecule has 1 heterocycles. The van der Waals surface area contributed by atoms with Gasteiger partial charge in [-0.3, -0.25) is 4.79 Å². The highest BCUT2D eigenvalue weighted by Crippen LogP contribution is 2.22. The summed E-state index contributed by atoms with van der Waals surface area (Å²) in [5.74, 6) is -0.333. The number of allylic oxidation sites excluding steroid dienone is 8. The van der Waals surface area contributed by atoms with E-state index in [1.807, 2.05) is 0 Å². The van der Waals surface area contributed by atoms with Crippen LogP contribution in [0.1, 0.15) is 155 Å². The molecule has 0 spiro atoms. The Morgan fingerprint density at radius 3 is 1.69 bits per heavy atom. The summed E-state index contributed by atoms with van der Waals surface area (Å²) in [7, 11) is 0. The number of rotatable bonds is 34. The molecule has 0 saturated carbocycles. The summed E-state index contributed by atoms with van der Waals surface area (Å²) in [6.45, 7) is 4.29. The largest absolute Gasteiger partial charge is 0.457 e. The zero-order chi connectivity index (χ0) is 37.9. The molecule has 0 aliphatic carbocycles. The molecule has 1 saturated heterocycles. The number of aliphatic hydroxyl groups is 4. The lowest BCUT2D eigenvalue weighted by Crippen LogP contribution is -2.59. The van der Waals surface area contributed by atoms with Gasteiger partial charge < -0.3 is 39.4 Å². The average molecular weight is 737 g/mol. The third-order valence-corrected chi connectivity index (χ3v) is 9.26. The Bertz CT molecular complexity index is 932. The van der Waals surface area contributed by atoms with Crippen LogP contribution >= 0.6 is 0 Å². The topological polar surface area (TPSA) is 135 Å². The number of ether oxygens (including phenoxy) is 4. The van der Waals surface area contributed by atoms with E-state index in [1.54, 1.807) is 0 Å².